The lowest BCUT2D eigenvalue weighted by Gasteiger charge is -2.38. The third-order valence-electron chi connectivity index (χ3n) is 11.3. The van der Waals surface area contributed by atoms with Gasteiger partial charge in [0.15, 0.2) is 22.9 Å². The van der Waals surface area contributed by atoms with Gasteiger partial charge in [-0.3, -0.25) is 9.98 Å². The second-order valence-corrected chi connectivity index (χ2v) is 16.1. The lowest BCUT2D eigenvalue weighted by atomic mass is 9.81. The number of fused-ring (bicyclic) bond motifs is 8. The van der Waals surface area contributed by atoms with Crippen LogP contribution in [0.15, 0.2) is 20.5 Å². The van der Waals surface area contributed by atoms with Crippen LogP contribution in [-0.2, 0) is 21.8 Å². The molecule has 0 spiro atoms. The molecule has 53 heavy (non-hydrogen) atoms. The monoisotopic (exact) mass is 754 g/mol. The number of rotatable bonds is 7. The van der Waals surface area contributed by atoms with Gasteiger partial charge in [0.25, 0.3) is 0 Å². The molecule has 5 aromatic rings. The third kappa shape index (κ3) is 4.45. The first kappa shape index (κ1) is 34.0. The highest BCUT2D eigenvalue weighted by Crippen LogP contribution is 2.59. The van der Waals surface area contributed by atoms with E-state index in [1.165, 1.54) is 30.6 Å². The number of hydrogen-bond donors (Lipinski definition) is 5. The molecule has 4 atom stereocenters. The molecule has 0 bridgehead atoms. The summed E-state index contributed by atoms with van der Waals surface area (Å²) in [4.78, 5) is 35.2. The van der Waals surface area contributed by atoms with Crippen LogP contribution >= 0.6 is 23.5 Å². The van der Waals surface area contributed by atoms with E-state index < -0.39 is 23.4 Å². The second-order valence-electron chi connectivity index (χ2n) is 14.0. The van der Waals surface area contributed by atoms with Crippen LogP contribution in [-0.4, -0.2) is 77.8 Å². The summed E-state index contributed by atoms with van der Waals surface area (Å²) in [5, 5.41) is 46.2. The quantitative estimate of drug-likeness (QED) is 0.0933. The molecule has 12 nitrogen and oxygen atoms in total. The van der Waals surface area contributed by atoms with Gasteiger partial charge in [0.2, 0.25) is 0 Å². The Morgan fingerprint density at radius 1 is 0.792 bits per heavy atom. The Bertz CT molecular complexity index is 2660. The van der Waals surface area contributed by atoms with E-state index in [2.05, 4.69) is 37.5 Å². The molecule has 4 unspecified atom stereocenters. The molecule has 14 heteroatoms. The fourth-order valence-corrected chi connectivity index (χ4v) is 11.2. The minimum atomic E-state index is -1.06. The van der Waals surface area contributed by atoms with Gasteiger partial charge < -0.3 is 40.2 Å². The number of phenols is 1. The number of carboxylic acids is 2. The van der Waals surface area contributed by atoms with Gasteiger partial charge in [-0.05, 0) is 37.1 Å². The van der Waals surface area contributed by atoms with Crippen molar-refractivity contribution in [1.82, 2.24) is 0 Å². The molecule has 0 fully saturated rings. The average Bonchev–Trinajstić information content (AvgIpc) is 3.31. The highest BCUT2D eigenvalue weighted by Gasteiger charge is 2.39. The topological polar surface area (TPSA) is 171 Å². The van der Waals surface area contributed by atoms with Crippen molar-refractivity contribution in [3.63, 3.8) is 0 Å². The molecule has 5 aromatic carbocycles. The molecule has 0 aromatic heterocycles. The first-order chi connectivity index (χ1) is 25.6. The molecule has 0 amide bonds. The lowest BCUT2D eigenvalue weighted by molar-refractivity contribution is -0.138. The Balaban J connectivity index is 1.68. The number of aliphatic carboxylic acids is 2. The van der Waals surface area contributed by atoms with Gasteiger partial charge in [0.1, 0.15) is 11.5 Å². The smallest absolute Gasteiger partial charge is 0.338 e. The number of carbonyl (C=O) groups is 2. The number of phenolic OH excluding ortho intramolecular Hbond substituents is 1. The number of nitrogens with zero attached hydrogens (tertiary/aromatic N) is 2. The number of thioether (sulfide) groups is 2. The van der Waals surface area contributed by atoms with Gasteiger partial charge in [-0.15, -0.1) is 23.5 Å². The highest BCUT2D eigenvalue weighted by atomic mass is 32.2. The number of anilines is 2. The number of ether oxygens (including phenoxy) is 3. The van der Waals surface area contributed by atoms with Crippen LogP contribution in [0.4, 0.5) is 11.4 Å². The lowest BCUT2D eigenvalue weighted by Crippen LogP contribution is -2.43. The van der Waals surface area contributed by atoms with Crippen LogP contribution in [0, 0.1) is 0 Å². The Labute approximate surface area is 312 Å². The number of aromatic hydroxyl groups is 1. The number of hydrogen-bond acceptors (Lipinski definition) is 12. The van der Waals surface area contributed by atoms with Crippen molar-refractivity contribution >= 4 is 96.0 Å². The molecule has 274 valence electrons. The summed E-state index contributed by atoms with van der Waals surface area (Å²) in [6.45, 7) is 6.39. The molecule has 4 aliphatic rings. The maximum absolute atomic E-state index is 12.5. The van der Waals surface area contributed by atoms with Crippen molar-refractivity contribution in [1.29, 1.82) is 0 Å². The van der Waals surface area contributed by atoms with E-state index >= 15 is 0 Å². The van der Waals surface area contributed by atoms with E-state index in [1.807, 2.05) is 0 Å². The maximum Gasteiger partial charge on any atom is 0.338 e. The minimum absolute atomic E-state index is 0.0959. The van der Waals surface area contributed by atoms with E-state index in [0.717, 1.165) is 67.8 Å². The van der Waals surface area contributed by atoms with Gasteiger partial charge in [-0.1, -0.05) is 25.5 Å². The summed E-state index contributed by atoms with van der Waals surface area (Å²) in [5.74, 6) is -0.383. The average molecular weight is 755 g/mol. The SMILES string of the molecule is CCC1Nc2c(c3c4c(c(OC)c5c6c(OC)c7c(c8c(O)c(OC)c9c(c(c2CC(C)=C9)c35)c86)=NC(C(=O)O)CS7)CSC(C(=O)O)N=4)NC1CC. The number of carboxylic acid groups (broad SMARTS) is 2. The largest absolute Gasteiger partial charge is 0.504 e. The molecule has 0 radical (unpaired) electrons. The zero-order valence-electron chi connectivity index (χ0n) is 30.0. The zero-order chi connectivity index (χ0) is 37.2. The summed E-state index contributed by atoms with van der Waals surface area (Å²) >= 11 is 2.56. The Kier molecular flexibility index (Phi) is 7.76. The first-order valence-electron chi connectivity index (χ1n) is 17.7. The number of benzene rings is 5. The number of methoxy groups -OCH3 is 3. The van der Waals surface area contributed by atoms with Crippen LogP contribution in [0.3, 0.4) is 0 Å². The van der Waals surface area contributed by atoms with Gasteiger partial charge in [0, 0.05) is 67.0 Å². The molecular weight excluding hydrogens is 717 g/mol. The van der Waals surface area contributed by atoms with Crippen molar-refractivity contribution in [2.75, 3.05) is 37.7 Å². The van der Waals surface area contributed by atoms with E-state index in [4.69, 9.17) is 24.2 Å². The van der Waals surface area contributed by atoms with Crippen LogP contribution in [0.25, 0.3) is 49.2 Å². The predicted octanol–water partition coefficient (Wildman–Crippen LogP) is 6.28. The molecular formula is C39H38N4O8S2. The predicted molar refractivity (Wildman–Crippen MR) is 209 cm³/mol. The van der Waals surface area contributed by atoms with E-state index in [-0.39, 0.29) is 29.3 Å². The Morgan fingerprint density at radius 3 is 2.09 bits per heavy atom. The third-order valence-corrected chi connectivity index (χ3v) is 13.5. The van der Waals surface area contributed by atoms with Crippen molar-refractivity contribution in [3.05, 3.63) is 33.0 Å². The molecule has 5 N–H and O–H groups in total. The fraction of sp³-hybridized carbons (Fsp3) is 0.385. The molecule has 3 heterocycles. The second kappa shape index (κ2) is 12.1. The maximum atomic E-state index is 12.5. The number of allylic oxidation sites excluding steroid dienone is 1. The van der Waals surface area contributed by atoms with Gasteiger partial charge in [0.05, 0.1) is 53.7 Å². The first-order valence-corrected chi connectivity index (χ1v) is 19.7. The summed E-state index contributed by atoms with van der Waals surface area (Å²) in [6.07, 6.45) is 4.36. The van der Waals surface area contributed by atoms with Crippen molar-refractivity contribution in [2.45, 2.75) is 74.2 Å². The molecule has 3 aliphatic heterocycles. The van der Waals surface area contributed by atoms with Crippen LogP contribution in [0.2, 0.25) is 0 Å². The summed E-state index contributed by atoms with van der Waals surface area (Å²) in [7, 11) is 4.73. The minimum Gasteiger partial charge on any atom is -0.504 e. The van der Waals surface area contributed by atoms with Gasteiger partial charge in [-0.2, -0.15) is 0 Å². The van der Waals surface area contributed by atoms with Crippen molar-refractivity contribution in [3.8, 4) is 23.0 Å². The normalized spacial score (nSPS) is 21.5. The Morgan fingerprint density at radius 2 is 1.45 bits per heavy atom. The van der Waals surface area contributed by atoms with Crippen molar-refractivity contribution < 1.29 is 39.1 Å². The highest BCUT2D eigenvalue weighted by molar-refractivity contribution is 8.00. The summed E-state index contributed by atoms with van der Waals surface area (Å²) < 4.78 is 18.8. The van der Waals surface area contributed by atoms with Gasteiger partial charge in [-0.25, -0.2) is 9.59 Å². The summed E-state index contributed by atoms with van der Waals surface area (Å²) in [6, 6.07) is -0.818. The van der Waals surface area contributed by atoms with Crippen molar-refractivity contribution in [2.24, 2.45) is 9.98 Å². The van der Waals surface area contributed by atoms with Crippen LogP contribution in [0.5, 0.6) is 23.0 Å². The molecule has 0 saturated heterocycles. The van der Waals surface area contributed by atoms with E-state index in [1.54, 1.807) is 14.2 Å². The van der Waals surface area contributed by atoms with E-state index in [0.29, 0.717) is 61.0 Å². The Hall–Kier alpha value is -4.82. The van der Waals surface area contributed by atoms with E-state index in [9.17, 15) is 24.9 Å². The standard InChI is InChI=1S/C39H38N4O8S2/c1-7-17-18(8-2)41-30-26-22-20-14(29(30)40-17)9-13(3)10-15-21(20)23-25(24(22)33(49-4)16-11-53-37(39(47)48)43-28(16)26)35(51-6)36-31(27(23)32(44)34(15)50-5)42-19(12-52-36)38(45)46/h10,17-19,37,40-41,44H,7-9,11-12H2,1-6H3,(H,45,46)(H,47,48). The van der Waals surface area contributed by atoms with Crippen LogP contribution < -0.4 is 35.6 Å². The molecule has 0 saturated carbocycles. The summed E-state index contributed by atoms with van der Waals surface area (Å²) in [5.41, 5.74) is 5.33. The number of nitrogens with one attached hydrogen (secondary N) is 2. The fourth-order valence-electron chi connectivity index (χ4n) is 9.11. The molecule has 1 aliphatic carbocycles. The van der Waals surface area contributed by atoms with Gasteiger partial charge >= 0.3 is 11.9 Å². The zero-order valence-corrected chi connectivity index (χ0v) is 31.6. The van der Waals surface area contributed by atoms with Crippen LogP contribution in [0.1, 0.15) is 50.3 Å². The molecule has 9 rings (SSSR count).